The second kappa shape index (κ2) is 4.91. The average molecular weight is 220 g/mol. The van der Waals surface area contributed by atoms with Crippen LogP contribution < -0.4 is 5.32 Å². The van der Waals surface area contributed by atoms with E-state index in [4.69, 9.17) is 5.41 Å². The molecule has 0 saturated heterocycles. The minimum atomic E-state index is 0.197. The summed E-state index contributed by atoms with van der Waals surface area (Å²) < 4.78 is 0. The highest BCUT2D eigenvalue weighted by Gasteiger charge is 2.55. The SMILES string of the molecule is CCNCC(=O)C1[C@@H]2C(C=N)C=CCC[C@H]12. The first-order valence-electron chi connectivity index (χ1n) is 6.20. The van der Waals surface area contributed by atoms with Crippen molar-refractivity contribution in [3.63, 3.8) is 0 Å². The Labute approximate surface area is 96.8 Å². The molecule has 2 N–H and O–H groups in total. The van der Waals surface area contributed by atoms with Gasteiger partial charge < -0.3 is 10.7 Å². The van der Waals surface area contributed by atoms with Gasteiger partial charge in [-0.3, -0.25) is 4.79 Å². The van der Waals surface area contributed by atoms with Gasteiger partial charge in [-0.15, -0.1) is 0 Å². The number of Topliss-reactive ketones (excluding diaryl/α,β-unsaturated/α-hetero) is 1. The van der Waals surface area contributed by atoms with E-state index >= 15 is 0 Å². The third kappa shape index (κ3) is 2.09. The molecule has 0 amide bonds. The molecule has 0 heterocycles. The van der Waals surface area contributed by atoms with Gasteiger partial charge >= 0.3 is 0 Å². The fraction of sp³-hybridized carbons (Fsp3) is 0.692. The molecule has 1 saturated carbocycles. The predicted molar refractivity (Wildman–Crippen MR) is 64.7 cm³/mol. The van der Waals surface area contributed by atoms with Crippen LogP contribution in [0, 0.1) is 29.1 Å². The monoisotopic (exact) mass is 220 g/mol. The second-order valence-corrected chi connectivity index (χ2v) is 4.76. The number of fused-ring (bicyclic) bond motifs is 1. The van der Waals surface area contributed by atoms with Gasteiger partial charge in [0.1, 0.15) is 5.78 Å². The van der Waals surface area contributed by atoms with Gasteiger partial charge in [0.15, 0.2) is 0 Å². The van der Waals surface area contributed by atoms with Crippen LogP contribution in [0.15, 0.2) is 12.2 Å². The van der Waals surface area contributed by atoms with Crippen LogP contribution in [-0.2, 0) is 4.79 Å². The highest BCUT2D eigenvalue weighted by Crippen LogP contribution is 2.55. The smallest absolute Gasteiger partial charge is 0.150 e. The van der Waals surface area contributed by atoms with E-state index in [9.17, 15) is 4.79 Å². The summed E-state index contributed by atoms with van der Waals surface area (Å²) in [5.74, 6) is 1.72. The highest BCUT2D eigenvalue weighted by molar-refractivity contribution is 5.87. The van der Waals surface area contributed by atoms with Crippen molar-refractivity contribution in [3.05, 3.63) is 12.2 Å². The van der Waals surface area contributed by atoms with Gasteiger partial charge in [0.05, 0.1) is 6.54 Å². The number of allylic oxidation sites excluding steroid dienone is 2. The van der Waals surface area contributed by atoms with Crippen LogP contribution in [0.2, 0.25) is 0 Å². The molecule has 0 radical (unpaired) electrons. The highest BCUT2D eigenvalue weighted by atomic mass is 16.1. The lowest BCUT2D eigenvalue weighted by molar-refractivity contribution is -0.120. The molecule has 2 aliphatic rings. The zero-order valence-electron chi connectivity index (χ0n) is 9.78. The Kier molecular flexibility index (Phi) is 3.54. The molecule has 0 aromatic heterocycles. The Hall–Kier alpha value is -0.960. The van der Waals surface area contributed by atoms with E-state index in [1.165, 1.54) is 6.21 Å². The van der Waals surface area contributed by atoms with Crippen molar-refractivity contribution in [1.29, 1.82) is 5.41 Å². The summed E-state index contributed by atoms with van der Waals surface area (Å²) in [4.78, 5) is 11.9. The van der Waals surface area contributed by atoms with Crippen LogP contribution >= 0.6 is 0 Å². The number of hydrogen-bond donors (Lipinski definition) is 2. The first kappa shape index (κ1) is 11.5. The lowest BCUT2D eigenvalue weighted by Gasteiger charge is -2.05. The van der Waals surface area contributed by atoms with Gasteiger partial charge in [-0.1, -0.05) is 19.1 Å². The largest absolute Gasteiger partial charge is 0.312 e. The van der Waals surface area contributed by atoms with Crippen LogP contribution in [0.1, 0.15) is 19.8 Å². The predicted octanol–water partition coefficient (Wildman–Crippen LogP) is 1.64. The van der Waals surface area contributed by atoms with Crippen molar-refractivity contribution in [2.24, 2.45) is 23.7 Å². The third-order valence-electron chi connectivity index (χ3n) is 3.81. The Bertz CT molecular complexity index is 311. The van der Waals surface area contributed by atoms with E-state index in [0.29, 0.717) is 24.2 Å². The third-order valence-corrected chi connectivity index (χ3v) is 3.81. The number of ketones is 1. The number of likely N-dealkylation sites (N-methyl/N-ethyl adjacent to an activating group) is 1. The van der Waals surface area contributed by atoms with E-state index in [2.05, 4.69) is 17.5 Å². The maximum atomic E-state index is 11.9. The summed E-state index contributed by atoms with van der Waals surface area (Å²) in [7, 11) is 0. The molecule has 0 aromatic rings. The van der Waals surface area contributed by atoms with Crippen molar-refractivity contribution in [2.45, 2.75) is 19.8 Å². The molecule has 2 unspecified atom stereocenters. The van der Waals surface area contributed by atoms with Gasteiger partial charge in [0.2, 0.25) is 0 Å². The Balaban J connectivity index is 1.97. The molecule has 2 aliphatic carbocycles. The van der Waals surface area contributed by atoms with Crippen LogP contribution in [-0.4, -0.2) is 25.1 Å². The van der Waals surface area contributed by atoms with E-state index in [-0.39, 0.29) is 11.8 Å². The number of nitrogens with one attached hydrogen (secondary N) is 2. The van der Waals surface area contributed by atoms with E-state index in [1.54, 1.807) is 0 Å². The summed E-state index contributed by atoms with van der Waals surface area (Å²) in [6.07, 6.45) is 7.95. The first-order chi connectivity index (χ1) is 7.79. The van der Waals surface area contributed by atoms with Crippen LogP contribution in [0.5, 0.6) is 0 Å². The lowest BCUT2D eigenvalue weighted by Crippen LogP contribution is -2.25. The molecule has 16 heavy (non-hydrogen) atoms. The zero-order valence-corrected chi connectivity index (χ0v) is 9.78. The average Bonchev–Trinajstić information content (AvgIpc) is 3.01. The standard InChI is InChI=1S/C13H20N2O/c1-2-15-8-11(16)13-10-6-4-3-5-9(7-14)12(10)13/h3,5,7,9-10,12-15H,2,4,6,8H2,1H3/t9?,10-,12+,13?/m0/s1. The molecule has 0 aromatic carbocycles. The lowest BCUT2D eigenvalue weighted by atomic mass is 10.0. The summed E-state index contributed by atoms with van der Waals surface area (Å²) in [5.41, 5.74) is 0. The van der Waals surface area contributed by atoms with Crippen LogP contribution in [0.3, 0.4) is 0 Å². The maximum Gasteiger partial charge on any atom is 0.150 e. The quantitative estimate of drug-likeness (QED) is 0.546. The summed E-state index contributed by atoms with van der Waals surface area (Å²) in [6.45, 7) is 3.37. The van der Waals surface area contributed by atoms with Crippen molar-refractivity contribution in [2.75, 3.05) is 13.1 Å². The van der Waals surface area contributed by atoms with Gasteiger partial charge in [-0.25, -0.2) is 0 Å². The summed E-state index contributed by atoms with van der Waals surface area (Å²) >= 11 is 0. The molecule has 1 fully saturated rings. The van der Waals surface area contributed by atoms with Crippen molar-refractivity contribution in [3.8, 4) is 0 Å². The van der Waals surface area contributed by atoms with Crippen molar-refractivity contribution >= 4 is 12.0 Å². The summed E-state index contributed by atoms with van der Waals surface area (Å²) in [6, 6.07) is 0. The normalized spacial score (nSPS) is 36.3. The molecule has 2 rings (SSSR count). The van der Waals surface area contributed by atoms with Gasteiger partial charge in [0.25, 0.3) is 0 Å². The molecule has 0 spiro atoms. The zero-order chi connectivity index (χ0) is 11.5. The Morgan fingerprint density at radius 3 is 3.12 bits per heavy atom. The topological polar surface area (TPSA) is 53.0 Å². The Morgan fingerprint density at radius 2 is 2.44 bits per heavy atom. The molecule has 4 atom stereocenters. The molecule has 3 nitrogen and oxygen atoms in total. The number of rotatable bonds is 5. The number of hydrogen-bond acceptors (Lipinski definition) is 3. The molecule has 0 bridgehead atoms. The Morgan fingerprint density at radius 1 is 1.62 bits per heavy atom. The number of carbonyl (C=O) groups is 1. The molecular weight excluding hydrogens is 200 g/mol. The van der Waals surface area contributed by atoms with Crippen LogP contribution in [0.25, 0.3) is 0 Å². The fourth-order valence-electron chi connectivity index (χ4n) is 2.95. The minimum Gasteiger partial charge on any atom is -0.312 e. The van der Waals surface area contributed by atoms with E-state index < -0.39 is 0 Å². The second-order valence-electron chi connectivity index (χ2n) is 4.76. The van der Waals surface area contributed by atoms with E-state index in [1.807, 2.05) is 6.92 Å². The van der Waals surface area contributed by atoms with Crippen LogP contribution in [0.4, 0.5) is 0 Å². The molecule has 3 heteroatoms. The number of carbonyl (C=O) groups excluding carboxylic acids is 1. The maximum absolute atomic E-state index is 11.9. The van der Waals surface area contributed by atoms with Gasteiger partial charge in [0, 0.05) is 18.1 Å². The summed E-state index contributed by atoms with van der Waals surface area (Å²) in [5, 5.41) is 10.5. The minimum absolute atomic E-state index is 0.197. The van der Waals surface area contributed by atoms with Crippen molar-refractivity contribution < 1.29 is 4.79 Å². The fourth-order valence-corrected chi connectivity index (χ4v) is 2.95. The molecule has 88 valence electrons. The van der Waals surface area contributed by atoms with Gasteiger partial charge in [-0.2, -0.15) is 0 Å². The van der Waals surface area contributed by atoms with Gasteiger partial charge in [-0.05, 0) is 31.2 Å². The van der Waals surface area contributed by atoms with Crippen molar-refractivity contribution in [1.82, 2.24) is 5.32 Å². The molecular formula is C13H20N2O. The first-order valence-corrected chi connectivity index (χ1v) is 6.20. The van der Waals surface area contributed by atoms with E-state index in [0.717, 1.165) is 19.4 Å². The molecule has 0 aliphatic heterocycles.